The number of carboxylic acids is 1. The lowest BCUT2D eigenvalue weighted by atomic mass is 9.84. The fourth-order valence-corrected chi connectivity index (χ4v) is 14.6. The van der Waals surface area contributed by atoms with E-state index in [2.05, 4.69) is 42.5 Å². The molecule has 36 heteroatoms. The van der Waals surface area contributed by atoms with Crippen molar-refractivity contribution in [1.29, 1.82) is 0 Å². The van der Waals surface area contributed by atoms with Crippen molar-refractivity contribution in [1.82, 2.24) is 42.5 Å². The van der Waals surface area contributed by atoms with Crippen LogP contribution in [0, 0.1) is 5.92 Å². The van der Waals surface area contributed by atoms with Gasteiger partial charge in [-0.3, -0.25) is 33.6 Å². The molecular weight excluding hydrogens is 1580 g/mol. The quantitative estimate of drug-likeness (QED) is 0.0592. The first-order chi connectivity index (χ1) is 55.0. The lowest BCUT2D eigenvalue weighted by molar-refractivity contribution is -0.334. The van der Waals surface area contributed by atoms with E-state index in [4.69, 9.17) is 69.0 Å². The second kappa shape index (κ2) is 36.8. The van der Waals surface area contributed by atoms with E-state index in [1.807, 2.05) is 50.2 Å². The first kappa shape index (κ1) is 86.4. The number of nitrogens with one attached hydrogen (secondary N) is 8. The highest BCUT2D eigenvalue weighted by Crippen LogP contribution is 2.48. The standard InChI is InChI=1S/C80H88Cl3N9O24/c1-34(2)24-49(85-6)73(104)91-63-65(98)41-17-22-53(47(82)26-41)112-55-8-7-9-56(69(55)116-79-70(68(101)67(100)57(33-93)114-79)115-59-31-80(5,71(102)36(4)111-59)86-32-37-10-12-38(13-11-37)39-14-19-43(81)20-15-39)113-54-23-18-42(27-48(54)83)66(99)64-77(108)90-62(78(109)110)46-28-44(94)29-52(96)60(46)45-25-40(16-21-51(45)95)61(75(106)92-64)89-72(103)35(3)87-74(105)50(30-58(84)97)88-76(63)107/h7-23,25-29,34-36,49-50,57,59,61-68,70-71,79,85-86,93-96,98-102H,24,30-33H2,1-6H3,(H2,84,97)(H,87,105)(H,88,107)(H,89,103)(H,90,108)(H,91,104)(H,92,106)(H,109,110). The molecule has 6 heterocycles. The zero-order chi connectivity index (χ0) is 84.0. The first-order valence-electron chi connectivity index (χ1n) is 36.7. The molecule has 0 aliphatic carbocycles. The van der Waals surface area contributed by atoms with Gasteiger partial charge in [0.25, 0.3) is 0 Å². The lowest BCUT2D eigenvalue weighted by Gasteiger charge is -2.48. The molecule has 0 saturated carbocycles. The number of aromatic hydroxyl groups is 3. The number of aliphatic carboxylic acids is 1. The van der Waals surface area contributed by atoms with Crippen LogP contribution in [0.5, 0.6) is 46.0 Å². The average Bonchev–Trinajstić information content (AvgIpc) is 0.762. The number of nitrogens with two attached hydrogens (primary N) is 1. The number of carboxylic acid groups (broad SMARTS) is 1. The predicted octanol–water partition coefficient (Wildman–Crippen LogP) is 4.59. The van der Waals surface area contributed by atoms with E-state index in [0.29, 0.717) is 5.02 Å². The van der Waals surface area contributed by atoms with E-state index < -0.39 is 209 Å². The summed E-state index contributed by atoms with van der Waals surface area (Å²) in [6, 6.07) is 17.5. The van der Waals surface area contributed by atoms with Crippen molar-refractivity contribution >= 4 is 82.1 Å². The molecule has 6 aliphatic heterocycles. The number of aliphatic hydroxyl groups is 6. The average molecular weight is 1670 g/mol. The van der Waals surface area contributed by atoms with Crippen molar-refractivity contribution in [2.75, 3.05) is 13.7 Å². The van der Waals surface area contributed by atoms with Crippen LogP contribution in [0.15, 0.2) is 133 Å². The van der Waals surface area contributed by atoms with Gasteiger partial charge in [-0.2, -0.15) is 0 Å². The fraction of sp³-hybridized carbons (Fsp3) is 0.375. The number of amides is 7. The summed E-state index contributed by atoms with van der Waals surface area (Å²) in [7, 11) is 1.47. The summed E-state index contributed by atoms with van der Waals surface area (Å²) in [6.45, 7) is 7.42. The van der Waals surface area contributed by atoms with E-state index in [0.717, 1.165) is 66.1 Å². The minimum absolute atomic E-state index is 0.110. The third-order valence-corrected chi connectivity index (χ3v) is 21.2. The minimum Gasteiger partial charge on any atom is -0.508 e. The number of hydrogen-bond donors (Lipinski definition) is 19. The van der Waals surface area contributed by atoms with Crippen molar-refractivity contribution in [2.45, 2.75) is 170 Å². The van der Waals surface area contributed by atoms with Crippen LogP contribution in [-0.2, 0) is 59.1 Å². The highest BCUT2D eigenvalue weighted by molar-refractivity contribution is 6.32. The minimum atomic E-state index is -2.32. The van der Waals surface area contributed by atoms with Crippen LogP contribution in [0.25, 0.3) is 22.3 Å². The third kappa shape index (κ3) is 19.6. The number of carbonyl (C=O) groups excluding carboxylic acids is 7. The maximum absolute atomic E-state index is 15.2. The third-order valence-electron chi connectivity index (χ3n) is 20.3. The van der Waals surface area contributed by atoms with Crippen LogP contribution in [-0.4, -0.2) is 197 Å². The van der Waals surface area contributed by atoms with Crippen molar-refractivity contribution in [3.05, 3.63) is 176 Å². The van der Waals surface area contributed by atoms with Crippen LogP contribution in [0.4, 0.5) is 0 Å². The Labute approximate surface area is 678 Å². The summed E-state index contributed by atoms with van der Waals surface area (Å²) in [5.74, 6) is -14.4. The number of primary amides is 1. The number of likely N-dealkylation sites (N-methyl/N-ethyl adjacent to an activating group) is 1. The molecule has 7 aromatic rings. The van der Waals surface area contributed by atoms with Crippen LogP contribution < -0.4 is 62.5 Å². The van der Waals surface area contributed by atoms with Gasteiger partial charge in [-0.05, 0) is 140 Å². The molecule has 10 bridgehead atoms. The van der Waals surface area contributed by atoms with Crippen LogP contribution in [0.2, 0.25) is 15.1 Å². The smallest absolute Gasteiger partial charge is 0.330 e. The van der Waals surface area contributed by atoms with Crippen molar-refractivity contribution in [3.63, 3.8) is 0 Å². The van der Waals surface area contributed by atoms with Crippen LogP contribution >= 0.6 is 34.8 Å². The van der Waals surface area contributed by atoms with Gasteiger partial charge in [0.1, 0.15) is 89.5 Å². The largest absolute Gasteiger partial charge is 0.508 e. The van der Waals surface area contributed by atoms with Gasteiger partial charge >= 0.3 is 5.97 Å². The van der Waals surface area contributed by atoms with Gasteiger partial charge in [0.05, 0.1) is 41.3 Å². The molecule has 116 heavy (non-hydrogen) atoms. The number of rotatable bonds is 17. The summed E-state index contributed by atoms with van der Waals surface area (Å²) in [6.07, 6.45) is -17.8. The number of aliphatic hydroxyl groups excluding tert-OH is 6. The molecule has 618 valence electrons. The zero-order valence-corrected chi connectivity index (χ0v) is 65.3. The van der Waals surface area contributed by atoms with Gasteiger partial charge in [0, 0.05) is 46.3 Å². The summed E-state index contributed by atoms with van der Waals surface area (Å²) in [5.41, 5.74) is 4.92. The Bertz CT molecular complexity index is 4840. The molecule has 2 saturated heterocycles. The van der Waals surface area contributed by atoms with Crippen molar-refractivity contribution in [3.8, 4) is 68.2 Å². The number of ether oxygens (including phenoxy) is 6. The van der Waals surface area contributed by atoms with Gasteiger partial charge in [-0.1, -0.05) is 109 Å². The number of halogens is 3. The van der Waals surface area contributed by atoms with Crippen LogP contribution in [0.1, 0.15) is 106 Å². The van der Waals surface area contributed by atoms with E-state index in [9.17, 15) is 84.6 Å². The summed E-state index contributed by atoms with van der Waals surface area (Å²) in [4.78, 5) is 114. The molecule has 18 atom stereocenters. The molecule has 6 aliphatic rings. The Morgan fingerprint density at radius 2 is 1.29 bits per heavy atom. The molecular formula is C80H88Cl3N9O24. The number of benzene rings is 7. The van der Waals surface area contributed by atoms with E-state index in [1.54, 1.807) is 26.0 Å². The van der Waals surface area contributed by atoms with E-state index >= 15 is 4.79 Å². The van der Waals surface area contributed by atoms with Gasteiger partial charge in [-0.15, -0.1) is 0 Å². The maximum Gasteiger partial charge on any atom is 0.330 e. The van der Waals surface area contributed by atoms with Gasteiger partial charge < -0.3 is 128 Å². The Balaban J connectivity index is 1.01. The second-order valence-electron chi connectivity index (χ2n) is 29.2. The summed E-state index contributed by atoms with van der Waals surface area (Å²) in [5, 5.41) is 136. The monoisotopic (exact) mass is 1660 g/mol. The molecule has 0 aromatic heterocycles. The van der Waals surface area contributed by atoms with E-state index in [1.165, 1.54) is 49.5 Å². The number of fused-ring (bicyclic) bond motifs is 6. The number of phenols is 3. The number of phenolic OH excluding ortho intramolecular Hbond substituents is 3. The number of hydrogen-bond acceptors (Lipinski definition) is 25. The molecule has 7 aromatic carbocycles. The van der Waals surface area contributed by atoms with Gasteiger partial charge in [-0.25, -0.2) is 4.79 Å². The summed E-state index contributed by atoms with van der Waals surface area (Å²) >= 11 is 20.3. The molecule has 33 nitrogen and oxygen atoms in total. The molecule has 0 spiro atoms. The maximum atomic E-state index is 15.2. The lowest BCUT2D eigenvalue weighted by Crippen LogP contribution is -2.65. The summed E-state index contributed by atoms with van der Waals surface area (Å²) < 4.78 is 38.8. The molecule has 18 unspecified atom stereocenters. The molecule has 20 N–H and O–H groups in total. The highest BCUT2D eigenvalue weighted by Gasteiger charge is 2.52. The Hall–Kier alpha value is -10.5. The topological polar surface area (TPSA) is 517 Å². The van der Waals surface area contributed by atoms with Crippen LogP contribution in [0.3, 0.4) is 0 Å². The normalized spacial score (nSPS) is 26.9. The zero-order valence-electron chi connectivity index (χ0n) is 63.0. The Kier molecular flexibility index (Phi) is 27.4. The molecule has 2 fully saturated rings. The molecule has 13 rings (SSSR count). The van der Waals surface area contributed by atoms with E-state index in [-0.39, 0.29) is 75.0 Å². The van der Waals surface area contributed by atoms with Crippen molar-refractivity contribution in [2.24, 2.45) is 11.7 Å². The highest BCUT2D eigenvalue weighted by atomic mass is 35.5. The first-order valence-corrected chi connectivity index (χ1v) is 37.9. The van der Waals surface area contributed by atoms with Crippen molar-refractivity contribution < 1.29 is 118 Å². The number of carbonyl (C=O) groups is 8. The van der Waals surface area contributed by atoms with Gasteiger partial charge in [0.2, 0.25) is 53.4 Å². The SMILES string of the molecule is CNC(CC(C)C)C(=O)NC1C(=O)NC(CC(N)=O)C(=O)NC(C)C(=O)NC2C(=O)NC(C(=O)NC(C(=O)O)c3cc(O)cc(O)c3-c3cc2ccc3O)C(O)c2ccc(c(Cl)c2)Oc2cccc(c2OC2OC(CO)C(O)C(O)C2OC2CC(C)(NCc3ccc(-c4ccc(Cl)cc4)cc3)C(O)C(C)O2)Oc2ccc(cc2Cl)C1O. The predicted molar refractivity (Wildman–Crippen MR) is 416 cm³/mol. The Morgan fingerprint density at radius 3 is 1.89 bits per heavy atom. The number of para-hydroxylation sites is 1. The molecule has 7 amide bonds. The Morgan fingerprint density at radius 1 is 0.672 bits per heavy atom. The van der Waals surface area contributed by atoms with Gasteiger partial charge in [0.15, 0.2) is 29.9 Å². The molecule has 0 radical (unpaired) electrons. The fourth-order valence-electron chi connectivity index (χ4n) is 14.0. The second-order valence-corrected chi connectivity index (χ2v) is 30.5.